The van der Waals surface area contributed by atoms with Crippen LogP contribution in [-0.2, 0) is 18.3 Å². The van der Waals surface area contributed by atoms with Crippen LogP contribution in [0.25, 0.3) is 0 Å². The molecule has 1 unspecified atom stereocenters. The molecular weight excluding hydrogens is 223 g/mol. The molecule has 0 aromatic rings. The van der Waals surface area contributed by atoms with Crippen molar-refractivity contribution in [1.82, 2.24) is 0 Å². The van der Waals surface area contributed by atoms with Crippen LogP contribution < -0.4 is 0 Å². The van der Waals surface area contributed by atoms with Gasteiger partial charge in [-0.05, 0) is 6.92 Å². The first kappa shape index (κ1) is 11.5. The van der Waals surface area contributed by atoms with Gasteiger partial charge in [-0.2, -0.15) is 0 Å². The molecule has 1 heterocycles. The van der Waals surface area contributed by atoms with Gasteiger partial charge in [0.1, 0.15) is 11.7 Å². The second-order valence-corrected chi connectivity index (χ2v) is 5.60. The average molecular weight is 238 g/mol. The van der Waals surface area contributed by atoms with E-state index in [0.29, 0.717) is 12.8 Å². The molecule has 15 heavy (non-hydrogen) atoms. The smallest absolute Gasteiger partial charge is 0.390 e. The Kier molecular flexibility index (Phi) is 2.70. The summed E-state index contributed by atoms with van der Waals surface area (Å²) >= 11 is 0. The zero-order valence-electron chi connectivity index (χ0n) is 8.62. The molecule has 1 aliphatic heterocycles. The van der Waals surface area contributed by atoms with Crippen LogP contribution in [0.1, 0.15) is 19.8 Å². The van der Waals surface area contributed by atoms with Crippen LogP contribution in [-0.4, -0.2) is 41.0 Å². The molecule has 0 amide bonds. The van der Waals surface area contributed by atoms with Gasteiger partial charge in [0.15, 0.2) is 0 Å². The molecule has 88 valence electrons. The van der Waals surface area contributed by atoms with Crippen molar-refractivity contribution in [3.63, 3.8) is 0 Å². The summed E-state index contributed by atoms with van der Waals surface area (Å²) in [5, 5.41) is 9.71. The molecule has 0 aromatic carbocycles. The Morgan fingerprint density at radius 2 is 2.27 bits per heavy atom. The zero-order valence-corrected chi connectivity index (χ0v) is 9.52. The minimum atomic E-state index is -3.98. The first-order valence-corrected chi connectivity index (χ1v) is 6.32. The zero-order chi connectivity index (χ0) is 11.3. The third kappa shape index (κ3) is 1.98. The Morgan fingerprint density at radius 3 is 2.73 bits per heavy atom. The van der Waals surface area contributed by atoms with Crippen LogP contribution in [0, 0.1) is 0 Å². The van der Waals surface area contributed by atoms with E-state index in [0.717, 1.165) is 7.11 Å². The molecule has 2 N–H and O–H groups in total. The number of phosphoric ester groups is 1. The summed E-state index contributed by atoms with van der Waals surface area (Å²) < 4.78 is 25.8. The topological polar surface area (TPSA) is 85.2 Å². The Morgan fingerprint density at radius 1 is 1.60 bits per heavy atom. The Balaban J connectivity index is 1.98. The van der Waals surface area contributed by atoms with E-state index in [9.17, 15) is 9.67 Å². The molecule has 5 atom stereocenters. The third-order valence-corrected chi connectivity index (χ3v) is 3.90. The minimum absolute atomic E-state index is 0.0470. The van der Waals surface area contributed by atoms with Crippen molar-refractivity contribution in [3.8, 4) is 0 Å². The van der Waals surface area contributed by atoms with Crippen LogP contribution in [0.3, 0.4) is 0 Å². The Labute approximate surface area is 87.8 Å². The number of ether oxygens (including phenoxy) is 1. The second kappa shape index (κ2) is 3.52. The van der Waals surface area contributed by atoms with Crippen LogP contribution in [0.5, 0.6) is 0 Å². The maximum absolute atomic E-state index is 11.1. The second-order valence-electron chi connectivity index (χ2n) is 4.08. The predicted octanol–water partition coefficient (Wildman–Crippen LogP) is 0.431. The molecule has 0 radical (unpaired) electrons. The fourth-order valence-corrected chi connectivity index (χ4v) is 2.71. The van der Waals surface area contributed by atoms with Crippen LogP contribution in [0.15, 0.2) is 0 Å². The largest absolute Gasteiger partial charge is 0.472 e. The number of hydrogen-bond donors (Lipinski definition) is 2. The lowest BCUT2D eigenvalue weighted by atomic mass is 10.1. The Bertz CT molecular complexity index is 308. The third-order valence-electron chi connectivity index (χ3n) is 2.92. The summed E-state index contributed by atoms with van der Waals surface area (Å²) in [6, 6.07) is 0. The van der Waals surface area contributed by atoms with Gasteiger partial charge in [0.2, 0.25) is 0 Å². The van der Waals surface area contributed by atoms with Gasteiger partial charge in [0.05, 0.1) is 12.2 Å². The number of aliphatic hydroxyl groups is 1. The van der Waals surface area contributed by atoms with Crippen molar-refractivity contribution in [3.05, 3.63) is 0 Å². The number of rotatable bonds is 3. The molecule has 1 saturated carbocycles. The summed E-state index contributed by atoms with van der Waals surface area (Å²) in [6.07, 6.45) is -0.258. The van der Waals surface area contributed by atoms with Crippen molar-refractivity contribution < 1.29 is 28.3 Å². The summed E-state index contributed by atoms with van der Waals surface area (Å²) in [4.78, 5) is 9.10. The molecule has 0 bridgehead atoms. The van der Waals surface area contributed by atoms with Gasteiger partial charge in [-0.1, -0.05) is 0 Å². The summed E-state index contributed by atoms with van der Waals surface area (Å²) in [6.45, 7) is 1.85. The van der Waals surface area contributed by atoms with E-state index in [1.165, 1.54) is 0 Å². The van der Waals surface area contributed by atoms with Crippen molar-refractivity contribution in [1.29, 1.82) is 0 Å². The highest BCUT2D eigenvalue weighted by molar-refractivity contribution is 7.47. The summed E-state index contributed by atoms with van der Waals surface area (Å²) in [7, 11) is -2.88. The van der Waals surface area contributed by atoms with Gasteiger partial charge in [0.25, 0.3) is 0 Å². The maximum atomic E-state index is 11.1. The monoisotopic (exact) mass is 238 g/mol. The molecule has 6 nitrogen and oxygen atoms in total. The quantitative estimate of drug-likeness (QED) is 0.693. The van der Waals surface area contributed by atoms with Gasteiger partial charge in [-0.25, -0.2) is 4.57 Å². The van der Waals surface area contributed by atoms with Gasteiger partial charge >= 0.3 is 7.82 Å². The van der Waals surface area contributed by atoms with Gasteiger partial charge in [-0.15, -0.1) is 0 Å². The molecular formula is C8H15O6P. The van der Waals surface area contributed by atoms with E-state index < -0.39 is 25.6 Å². The minimum Gasteiger partial charge on any atom is -0.390 e. The van der Waals surface area contributed by atoms with E-state index in [-0.39, 0.29) is 6.10 Å². The molecule has 0 aromatic heterocycles. The van der Waals surface area contributed by atoms with Gasteiger partial charge < -0.3 is 14.7 Å². The molecule has 2 fully saturated rings. The molecule has 1 saturated heterocycles. The van der Waals surface area contributed by atoms with Gasteiger partial charge in [-0.3, -0.25) is 9.05 Å². The highest BCUT2D eigenvalue weighted by atomic mass is 31.2. The lowest BCUT2D eigenvalue weighted by Crippen LogP contribution is -2.28. The normalized spacial score (nSPS) is 48.1. The average Bonchev–Trinajstić information content (AvgIpc) is 2.69. The van der Waals surface area contributed by atoms with Crippen LogP contribution >= 0.6 is 7.82 Å². The van der Waals surface area contributed by atoms with Crippen molar-refractivity contribution in [2.45, 2.75) is 43.7 Å². The summed E-state index contributed by atoms with van der Waals surface area (Å²) in [5.74, 6) is 0. The molecule has 2 aliphatic rings. The van der Waals surface area contributed by atoms with Crippen molar-refractivity contribution in [2.75, 3.05) is 7.11 Å². The summed E-state index contributed by atoms with van der Waals surface area (Å²) in [5.41, 5.74) is -0.781. The SMILES string of the molecule is COP(=O)(O)O[C@@H]1C[C@]12O[C@@H](C)C[C@@H]2O. The van der Waals surface area contributed by atoms with Crippen molar-refractivity contribution >= 4 is 7.82 Å². The highest BCUT2D eigenvalue weighted by Crippen LogP contribution is 2.58. The van der Waals surface area contributed by atoms with E-state index >= 15 is 0 Å². The lowest BCUT2D eigenvalue weighted by molar-refractivity contribution is -0.0322. The predicted molar refractivity (Wildman–Crippen MR) is 50.2 cm³/mol. The van der Waals surface area contributed by atoms with E-state index in [4.69, 9.17) is 14.2 Å². The van der Waals surface area contributed by atoms with Crippen LogP contribution in [0.2, 0.25) is 0 Å². The maximum Gasteiger partial charge on any atom is 0.472 e. The number of phosphoric acid groups is 1. The van der Waals surface area contributed by atoms with E-state index in [1.54, 1.807) is 0 Å². The molecule has 2 rings (SSSR count). The first-order chi connectivity index (χ1) is 6.89. The lowest BCUT2D eigenvalue weighted by Gasteiger charge is -2.15. The van der Waals surface area contributed by atoms with Gasteiger partial charge in [0, 0.05) is 20.0 Å². The molecule has 1 spiro atoms. The standard InChI is InChI=1S/C8H15O6P/c1-5-3-6(9)8(13-5)4-7(8)14-15(10,11)12-2/h5-7,9H,3-4H2,1-2H3,(H,10,11)/t5-,6-,7+,8+/m0/s1. The fraction of sp³-hybridized carbons (Fsp3) is 1.00. The number of aliphatic hydroxyl groups excluding tert-OH is 1. The highest BCUT2D eigenvalue weighted by Gasteiger charge is 2.67. The fourth-order valence-electron chi connectivity index (χ4n) is 2.05. The van der Waals surface area contributed by atoms with Crippen molar-refractivity contribution in [2.24, 2.45) is 0 Å². The van der Waals surface area contributed by atoms with Crippen LogP contribution in [0.4, 0.5) is 0 Å². The Hall–Kier alpha value is 0.0300. The van der Waals surface area contributed by atoms with E-state index in [2.05, 4.69) is 4.52 Å². The number of hydrogen-bond acceptors (Lipinski definition) is 5. The first-order valence-electron chi connectivity index (χ1n) is 4.82. The van der Waals surface area contributed by atoms with E-state index in [1.807, 2.05) is 6.92 Å². The molecule has 7 heteroatoms. The molecule has 1 aliphatic carbocycles.